The van der Waals surface area contributed by atoms with Crippen LogP contribution in [0.2, 0.25) is 0 Å². The first-order chi connectivity index (χ1) is 0. The molecule has 6 heteroatoms. The van der Waals surface area contributed by atoms with Crippen molar-refractivity contribution in [2.45, 2.75) is 0 Å². The Morgan fingerprint density at radius 1 is 0.500 bits per heavy atom. The van der Waals surface area contributed by atoms with Crippen molar-refractivity contribution in [1.29, 1.82) is 0 Å². The van der Waals surface area contributed by atoms with Gasteiger partial charge < -0.3 is 0 Å². The molecule has 0 aromatic heterocycles. The van der Waals surface area contributed by atoms with Gasteiger partial charge in [-0.15, -0.1) is 24.0 Å². The first kappa shape index (κ1) is 249. The van der Waals surface area contributed by atoms with Crippen molar-refractivity contribution in [3.05, 3.63) is 0 Å². The molecule has 0 N–H and O–H groups in total. The van der Waals surface area contributed by atoms with Gasteiger partial charge in [-0.1, -0.05) is 0 Å². The molecule has 0 amide bonds. The summed E-state index contributed by atoms with van der Waals surface area (Å²) in [7, 11) is 0. The van der Waals surface area contributed by atoms with Gasteiger partial charge in [-0.05, 0) is 0 Å². The third-order valence-corrected chi connectivity index (χ3v) is 0. The maximum atomic E-state index is 0. The van der Waals surface area contributed by atoms with Gasteiger partial charge in [0, 0.05) is 0 Å². The number of hydrogen-bond donors (Lipinski definition) is 0. The van der Waals surface area contributed by atoms with Crippen LogP contribution in [-0.2, 0) is 0 Å². The van der Waals surface area contributed by atoms with Gasteiger partial charge in [-0.3, -0.25) is 18.8 Å². The van der Waals surface area contributed by atoms with E-state index >= 15 is 0 Å². The molecule has 1 atom stereocenters. The van der Waals surface area contributed by atoms with Crippen LogP contribution >= 0.6 is 24.0 Å². The van der Waals surface area contributed by atoms with E-state index in [1.54, 1.807) is 0 Å². The molecule has 1 unspecified atom stereocenters. The van der Waals surface area contributed by atoms with Crippen LogP contribution in [0.4, 0.5) is 18.8 Å². The maximum absolute atomic E-state index is 0. The second kappa shape index (κ2) is 148. The van der Waals surface area contributed by atoms with Crippen LogP contribution in [0.1, 0.15) is 0 Å². The van der Waals surface area contributed by atoms with Crippen LogP contribution in [0.25, 0.3) is 0 Å². The van der Waals surface area contributed by atoms with Gasteiger partial charge >= 0.3 is 18.0 Å². The molecule has 48 valence electrons. The molecule has 0 aliphatic carbocycles. The minimum absolute atomic E-state index is 0. The summed E-state index contributed by atoms with van der Waals surface area (Å²) in [5, 5.41) is 0. The molecule has 0 rings (SSSR count). The van der Waals surface area contributed by atoms with Gasteiger partial charge in [0.2, 0.25) is 0 Å². The number of rotatable bonds is 0. The molecule has 0 aromatic carbocycles. The SMILES string of the molecule is F.F.F.F.I.[AsH3]. The molecule has 0 aliphatic rings. The molecular formula is H8AsF4I. The number of hydrogen-bond acceptors (Lipinski definition) is 0. The standard InChI is InChI=1S/AsH3.4FH.HI/h1H3;5*1H. The van der Waals surface area contributed by atoms with E-state index in [0.29, 0.717) is 0 Å². The van der Waals surface area contributed by atoms with Gasteiger partial charge in [-0.2, -0.15) is 0 Å². The normalized spacial score (nSPS) is 0. The Balaban J connectivity index is 0. The molecule has 0 nitrogen and oxygen atoms in total. The molecule has 0 heterocycles. The van der Waals surface area contributed by atoms with Crippen molar-refractivity contribution in [1.82, 2.24) is 0 Å². The van der Waals surface area contributed by atoms with E-state index in [1.807, 2.05) is 0 Å². The summed E-state index contributed by atoms with van der Waals surface area (Å²) in [5.41, 5.74) is 0. The van der Waals surface area contributed by atoms with E-state index in [1.165, 1.54) is 0 Å². The van der Waals surface area contributed by atoms with E-state index in [4.69, 9.17) is 0 Å². The van der Waals surface area contributed by atoms with Gasteiger partial charge in [0.25, 0.3) is 0 Å². The van der Waals surface area contributed by atoms with Crippen molar-refractivity contribution in [2.24, 2.45) is 0 Å². The van der Waals surface area contributed by atoms with E-state index in [9.17, 15) is 0 Å². The molecular weight excluding hydrogens is 278 g/mol. The summed E-state index contributed by atoms with van der Waals surface area (Å²) in [6.45, 7) is 0. The molecule has 0 spiro atoms. The Morgan fingerprint density at radius 3 is 0.500 bits per heavy atom. The van der Waals surface area contributed by atoms with E-state index < -0.39 is 0 Å². The summed E-state index contributed by atoms with van der Waals surface area (Å²) < 4.78 is 0. The summed E-state index contributed by atoms with van der Waals surface area (Å²) in [6.07, 6.45) is 0. The van der Waals surface area contributed by atoms with Crippen LogP contribution in [0.5, 0.6) is 0 Å². The predicted molar refractivity (Wildman–Crippen MR) is 35.4 cm³/mol. The monoisotopic (exact) mass is 286 g/mol. The fourth-order valence-corrected chi connectivity index (χ4v) is 0. The van der Waals surface area contributed by atoms with Crippen LogP contribution < -0.4 is 0 Å². The molecule has 0 aromatic rings. The zero-order valence-electron chi connectivity index (χ0n) is 2.75. The average molecular weight is 286 g/mol. The van der Waals surface area contributed by atoms with Gasteiger partial charge in [0.15, 0.2) is 0 Å². The Hall–Kier alpha value is 1.01. The Kier molecular flexibility index (Phi) is 6150. The van der Waals surface area contributed by atoms with Crippen LogP contribution in [0.15, 0.2) is 0 Å². The second-order valence-electron chi connectivity index (χ2n) is 0. The molecule has 6 heavy (non-hydrogen) atoms. The third kappa shape index (κ3) is 79.1. The molecule has 0 saturated carbocycles. The van der Waals surface area contributed by atoms with Crippen molar-refractivity contribution < 1.29 is 18.8 Å². The molecule has 0 radical (unpaired) electrons. The zero-order chi connectivity index (χ0) is 0. The first-order valence-corrected chi connectivity index (χ1v) is 0. The predicted octanol–water partition coefficient (Wildman–Crippen LogP) is 0.0441. The summed E-state index contributed by atoms with van der Waals surface area (Å²) in [5.74, 6) is 0. The average Bonchev–Trinajstić information content (AvgIpc) is 0. The second-order valence-corrected chi connectivity index (χ2v) is 0. The van der Waals surface area contributed by atoms with E-state index in [2.05, 4.69) is 0 Å². The first-order valence-electron chi connectivity index (χ1n) is 0. The molecule has 0 bridgehead atoms. The summed E-state index contributed by atoms with van der Waals surface area (Å²) in [4.78, 5) is 0. The fraction of sp³-hybridized carbons (Fsp3) is 0. The molecule has 0 fully saturated rings. The Labute approximate surface area is 60.9 Å². The van der Waals surface area contributed by atoms with Crippen LogP contribution in [-0.4, -0.2) is 18.0 Å². The third-order valence-electron chi connectivity index (χ3n) is 0. The van der Waals surface area contributed by atoms with Crippen LogP contribution in [0, 0.1) is 0 Å². The molecule has 0 saturated heterocycles. The van der Waals surface area contributed by atoms with Gasteiger partial charge in [-0.25, -0.2) is 0 Å². The minimum atomic E-state index is 0. The van der Waals surface area contributed by atoms with E-state index in [-0.39, 0.29) is 60.7 Å². The van der Waals surface area contributed by atoms with E-state index in [0.717, 1.165) is 0 Å². The van der Waals surface area contributed by atoms with Crippen molar-refractivity contribution in [3.8, 4) is 0 Å². The van der Waals surface area contributed by atoms with Gasteiger partial charge in [0.1, 0.15) is 0 Å². The Morgan fingerprint density at radius 2 is 0.500 bits per heavy atom. The van der Waals surface area contributed by atoms with Crippen molar-refractivity contribution >= 4 is 41.9 Å². The van der Waals surface area contributed by atoms with Crippen LogP contribution in [0.3, 0.4) is 0 Å². The quantitative estimate of drug-likeness (QED) is 0.335. The fourth-order valence-electron chi connectivity index (χ4n) is 0. The van der Waals surface area contributed by atoms with Crippen molar-refractivity contribution in [2.75, 3.05) is 0 Å². The van der Waals surface area contributed by atoms with Gasteiger partial charge in [0.05, 0.1) is 0 Å². The number of halogens is 5. The van der Waals surface area contributed by atoms with Crippen molar-refractivity contribution in [3.63, 3.8) is 0 Å². The summed E-state index contributed by atoms with van der Waals surface area (Å²) >= 11 is 0. The zero-order valence-corrected chi connectivity index (χ0v) is 8.05. The topological polar surface area (TPSA) is 0 Å². The summed E-state index contributed by atoms with van der Waals surface area (Å²) in [6, 6.07) is 0. The molecule has 0 aliphatic heterocycles. The Bertz CT molecular complexity index is 7.51.